The molecule has 6 nitrogen and oxygen atoms in total. The van der Waals surface area contributed by atoms with Gasteiger partial charge in [0.2, 0.25) is 0 Å². The number of fused-ring (bicyclic) bond motifs is 1. The van der Waals surface area contributed by atoms with Crippen LogP contribution in [0.25, 0.3) is 0 Å². The summed E-state index contributed by atoms with van der Waals surface area (Å²) < 4.78 is 5.08. The van der Waals surface area contributed by atoms with Crippen molar-refractivity contribution in [3.8, 4) is 0 Å². The van der Waals surface area contributed by atoms with Crippen molar-refractivity contribution in [2.75, 3.05) is 18.5 Å². The fraction of sp³-hybridized carbons (Fsp3) is 0.316. The molecule has 1 aromatic heterocycles. The van der Waals surface area contributed by atoms with Gasteiger partial charge in [-0.25, -0.2) is 9.78 Å². The zero-order valence-electron chi connectivity index (χ0n) is 14.4. The number of hydrogen-bond donors (Lipinski definition) is 2. The molecular weight excluding hydrogens is 350 g/mol. The lowest BCUT2D eigenvalue weighted by molar-refractivity contribution is -0.125. The van der Waals surface area contributed by atoms with Gasteiger partial charge in [0.1, 0.15) is 0 Å². The van der Waals surface area contributed by atoms with Crippen LogP contribution in [-0.4, -0.2) is 30.0 Å². The van der Waals surface area contributed by atoms with Gasteiger partial charge in [0.15, 0.2) is 17.4 Å². The van der Waals surface area contributed by atoms with Crippen molar-refractivity contribution in [2.24, 2.45) is 0 Å². The lowest BCUT2D eigenvalue weighted by Crippen LogP contribution is -2.34. The Morgan fingerprint density at radius 1 is 1.38 bits per heavy atom. The van der Waals surface area contributed by atoms with Gasteiger partial charge in [0, 0.05) is 11.9 Å². The Bertz CT molecular complexity index is 803. The summed E-state index contributed by atoms with van der Waals surface area (Å²) in [6, 6.07) is 8.09. The number of aryl methyl sites for hydroxylation is 1. The fourth-order valence-corrected chi connectivity index (χ4v) is 3.64. The standard InChI is InChI=1S/C19H21N3O3S/c1-2-10-20-19-22-16(12-26-19)18(24)25-11-17(23)21-15-9-5-7-13-6-3-4-8-14(13)15/h2-4,6,8,12,15H,1,5,7,9-11H2,(H,20,22)(H,21,23)/t15-/m0/s1. The minimum absolute atomic E-state index is 0.0277. The third kappa shape index (κ3) is 4.49. The highest BCUT2D eigenvalue weighted by Crippen LogP contribution is 2.29. The van der Waals surface area contributed by atoms with Gasteiger partial charge >= 0.3 is 5.97 Å². The number of nitrogens with zero attached hydrogens (tertiary/aromatic N) is 1. The minimum Gasteiger partial charge on any atom is -0.451 e. The van der Waals surface area contributed by atoms with Crippen LogP contribution in [0.2, 0.25) is 0 Å². The van der Waals surface area contributed by atoms with Crippen LogP contribution >= 0.6 is 11.3 Å². The van der Waals surface area contributed by atoms with Crippen LogP contribution in [0, 0.1) is 0 Å². The number of hydrogen-bond acceptors (Lipinski definition) is 6. The van der Waals surface area contributed by atoms with E-state index in [4.69, 9.17) is 4.74 Å². The molecule has 26 heavy (non-hydrogen) atoms. The predicted octanol–water partition coefficient (Wildman–Crippen LogP) is 3.09. The van der Waals surface area contributed by atoms with Crippen molar-refractivity contribution in [1.29, 1.82) is 0 Å². The van der Waals surface area contributed by atoms with Gasteiger partial charge < -0.3 is 15.4 Å². The highest BCUT2D eigenvalue weighted by Gasteiger charge is 2.22. The number of anilines is 1. The molecule has 1 heterocycles. The first-order valence-electron chi connectivity index (χ1n) is 8.52. The summed E-state index contributed by atoms with van der Waals surface area (Å²) in [6.45, 7) is 3.85. The number of benzene rings is 1. The maximum atomic E-state index is 12.2. The Morgan fingerprint density at radius 3 is 3.08 bits per heavy atom. The summed E-state index contributed by atoms with van der Waals surface area (Å²) in [5, 5.41) is 8.17. The van der Waals surface area contributed by atoms with Crippen LogP contribution in [-0.2, 0) is 16.0 Å². The quantitative estimate of drug-likeness (QED) is 0.577. The van der Waals surface area contributed by atoms with E-state index in [0.29, 0.717) is 11.7 Å². The topological polar surface area (TPSA) is 80.3 Å². The van der Waals surface area contributed by atoms with Gasteiger partial charge in [-0.3, -0.25) is 4.79 Å². The molecule has 2 N–H and O–H groups in total. The summed E-state index contributed by atoms with van der Waals surface area (Å²) in [5.74, 6) is -0.910. The number of nitrogens with one attached hydrogen (secondary N) is 2. The summed E-state index contributed by atoms with van der Waals surface area (Å²) in [5.41, 5.74) is 2.61. The molecule has 0 radical (unpaired) electrons. The van der Waals surface area contributed by atoms with E-state index < -0.39 is 5.97 Å². The lowest BCUT2D eigenvalue weighted by atomic mass is 9.88. The van der Waals surface area contributed by atoms with E-state index in [1.54, 1.807) is 11.5 Å². The van der Waals surface area contributed by atoms with Crippen molar-refractivity contribution >= 4 is 28.3 Å². The number of ether oxygens (including phenoxy) is 1. The van der Waals surface area contributed by atoms with Gasteiger partial charge in [-0.1, -0.05) is 30.3 Å². The fourth-order valence-electron chi connectivity index (χ4n) is 2.95. The van der Waals surface area contributed by atoms with E-state index in [2.05, 4.69) is 28.3 Å². The van der Waals surface area contributed by atoms with E-state index in [1.807, 2.05) is 18.2 Å². The number of carbonyl (C=O) groups is 2. The maximum absolute atomic E-state index is 12.2. The largest absolute Gasteiger partial charge is 0.451 e. The molecule has 0 fully saturated rings. The zero-order valence-corrected chi connectivity index (χ0v) is 15.2. The second-order valence-corrected chi connectivity index (χ2v) is 6.85. The highest BCUT2D eigenvalue weighted by atomic mass is 32.1. The third-order valence-electron chi connectivity index (χ3n) is 4.15. The Hall–Kier alpha value is -2.67. The van der Waals surface area contributed by atoms with Gasteiger partial charge in [0.05, 0.1) is 6.04 Å². The molecular formula is C19H21N3O3S. The lowest BCUT2D eigenvalue weighted by Gasteiger charge is -2.26. The normalized spacial score (nSPS) is 15.6. The van der Waals surface area contributed by atoms with Crippen LogP contribution < -0.4 is 10.6 Å². The minimum atomic E-state index is -0.605. The summed E-state index contributed by atoms with van der Waals surface area (Å²) >= 11 is 1.30. The van der Waals surface area contributed by atoms with E-state index in [-0.39, 0.29) is 24.2 Å². The number of thiazole rings is 1. The Balaban J connectivity index is 1.51. The first-order chi connectivity index (χ1) is 12.7. The second-order valence-electron chi connectivity index (χ2n) is 5.99. The van der Waals surface area contributed by atoms with Crippen molar-refractivity contribution < 1.29 is 14.3 Å². The molecule has 136 valence electrons. The Labute approximate surface area is 156 Å². The van der Waals surface area contributed by atoms with Gasteiger partial charge in [0.25, 0.3) is 5.91 Å². The molecule has 0 unspecified atom stereocenters. The number of rotatable bonds is 7. The van der Waals surface area contributed by atoms with E-state index in [0.717, 1.165) is 24.8 Å². The van der Waals surface area contributed by atoms with E-state index >= 15 is 0 Å². The molecule has 1 aliphatic carbocycles. The number of esters is 1. The van der Waals surface area contributed by atoms with Crippen LogP contribution in [0.3, 0.4) is 0 Å². The number of aromatic nitrogens is 1. The zero-order chi connectivity index (χ0) is 18.4. The third-order valence-corrected chi connectivity index (χ3v) is 4.95. The van der Waals surface area contributed by atoms with Crippen molar-refractivity contribution in [2.45, 2.75) is 25.3 Å². The molecule has 2 aromatic rings. The maximum Gasteiger partial charge on any atom is 0.358 e. The van der Waals surface area contributed by atoms with Gasteiger partial charge in [-0.05, 0) is 30.4 Å². The van der Waals surface area contributed by atoms with Gasteiger partial charge in [-0.2, -0.15) is 0 Å². The molecule has 0 bridgehead atoms. The SMILES string of the molecule is C=CCNc1nc(C(=O)OCC(=O)N[C@H]2CCCc3ccccc32)cs1. The molecule has 1 aliphatic rings. The summed E-state index contributed by atoms with van der Waals surface area (Å²) in [7, 11) is 0. The Morgan fingerprint density at radius 2 is 2.23 bits per heavy atom. The second kappa shape index (κ2) is 8.62. The smallest absolute Gasteiger partial charge is 0.358 e. The molecule has 3 rings (SSSR count). The molecule has 0 aliphatic heterocycles. The van der Waals surface area contributed by atoms with Crippen LogP contribution in [0.15, 0.2) is 42.3 Å². The first kappa shape index (κ1) is 18.1. The molecule has 0 saturated heterocycles. The molecule has 1 atom stereocenters. The van der Waals surface area contributed by atoms with Crippen molar-refractivity contribution in [1.82, 2.24) is 10.3 Å². The summed E-state index contributed by atoms with van der Waals surface area (Å²) in [4.78, 5) is 28.3. The number of amides is 1. The molecule has 0 spiro atoms. The van der Waals surface area contributed by atoms with Crippen LogP contribution in [0.4, 0.5) is 5.13 Å². The molecule has 1 aromatic carbocycles. The predicted molar refractivity (Wildman–Crippen MR) is 101 cm³/mol. The molecule has 1 amide bonds. The Kier molecular flexibility index (Phi) is 6.01. The average molecular weight is 371 g/mol. The van der Waals surface area contributed by atoms with Crippen molar-refractivity contribution in [3.63, 3.8) is 0 Å². The molecule has 0 saturated carbocycles. The monoisotopic (exact) mass is 371 g/mol. The van der Waals surface area contributed by atoms with E-state index in [1.165, 1.54) is 16.9 Å². The number of carbonyl (C=O) groups excluding carboxylic acids is 2. The highest BCUT2D eigenvalue weighted by molar-refractivity contribution is 7.13. The van der Waals surface area contributed by atoms with Crippen LogP contribution in [0.5, 0.6) is 0 Å². The average Bonchev–Trinajstić information content (AvgIpc) is 3.14. The van der Waals surface area contributed by atoms with Crippen molar-refractivity contribution in [3.05, 3.63) is 59.1 Å². The molecule has 7 heteroatoms. The first-order valence-corrected chi connectivity index (χ1v) is 9.40. The van der Waals surface area contributed by atoms with Crippen LogP contribution in [0.1, 0.15) is 40.5 Å². The van der Waals surface area contributed by atoms with E-state index in [9.17, 15) is 9.59 Å². The van der Waals surface area contributed by atoms with Gasteiger partial charge in [-0.15, -0.1) is 17.9 Å². The summed E-state index contributed by atoms with van der Waals surface area (Å²) in [6.07, 6.45) is 4.65.